The predicted octanol–water partition coefficient (Wildman–Crippen LogP) is 3.36. The first kappa shape index (κ1) is 19.3. The number of amides is 3. The molecule has 0 N–H and O–H groups in total. The van der Waals surface area contributed by atoms with Crippen LogP contribution in [0.4, 0.5) is 14.9 Å². The van der Waals surface area contributed by atoms with E-state index < -0.39 is 24.1 Å². The third kappa shape index (κ3) is 2.74. The van der Waals surface area contributed by atoms with E-state index in [1.165, 1.54) is 11.0 Å². The number of imide groups is 1. The first-order valence-corrected chi connectivity index (χ1v) is 10.1. The number of benzene rings is 2. The number of nitrogens with zero attached hydrogens (tertiary/aromatic N) is 5. The van der Waals surface area contributed by atoms with Gasteiger partial charge in [-0.1, -0.05) is 36.4 Å². The van der Waals surface area contributed by atoms with Gasteiger partial charge in [-0.15, -0.1) is 0 Å². The van der Waals surface area contributed by atoms with Gasteiger partial charge in [-0.3, -0.25) is 19.5 Å². The van der Waals surface area contributed by atoms with Gasteiger partial charge in [0.1, 0.15) is 5.82 Å². The normalized spacial score (nSPS) is 22.9. The second kappa shape index (κ2) is 6.94. The number of hydrogen-bond acceptors (Lipinski definition) is 5. The van der Waals surface area contributed by atoms with Gasteiger partial charge in [-0.05, 0) is 32.0 Å². The van der Waals surface area contributed by atoms with E-state index in [-0.39, 0.29) is 12.5 Å². The highest BCUT2D eigenvalue weighted by atomic mass is 19.1. The highest BCUT2D eigenvalue weighted by Crippen LogP contribution is 2.40. The van der Waals surface area contributed by atoms with E-state index in [9.17, 15) is 14.0 Å². The Morgan fingerprint density at radius 1 is 0.968 bits per heavy atom. The van der Waals surface area contributed by atoms with Gasteiger partial charge >= 0.3 is 6.03 Å². The number of hydrogen-bond donors (Lipinski definition) is 0. The van der Waals surface area contributed by atoms with Gasteiger partial charge in [0.15, 0.2) is 12.2 Å². The van der Waals surface area contributed by atoms with Crippen LogP contribution in [0, 0.1) is 5.82 Å². The van der Waals surface area contributed by atoms with Crippen LogP contribution < -0.4 is 4.90 Å². The SMILES string of the molecule is CC1=C(C)N2C(=NC3C2C(=O)N(Cc2ccccc2F)C(=O)N3C)N1c1ccccc1. The van der Waals surface area contributed by atoms with E-state index in [4.69, 9.17) is 4.99 Å². The molecule has 0 aliphatic carbocycles. The molecule has 0 spiro atoms. The highest BCUT2D eigenvalue weighted by molar-refractivity contribution is 6.10. The molecule has 3 heterocycles. The Hall–Kier alpha value is -3.68. The molecule has 158 valence electrons. The number of para-hydroxylation sites is 1. The van der Waals surface area contributed by atoms with Crippen molar-refractivity contribution in [1.82, 2.24) is 14.7 Å². The molecule has 0 saturated carbocycles. The van der Waals surface area contributed by atoms with E-state index in [0.29, 0.717) is 11.5 Å². The molecule has 1 saturated heterocycles. The van der Waals surface area contributed by atoms with Gasteiger partial charge in [0, 0.05) is 29.7 Å². The number of likely N-dealkylation sites (N-methyl/N-ethyl adjacent to an activating group) is 1. The lowest BCUT2D eigenvalue weighted by Gasteiger charge is -2.40. The van der Waals surface area contributed by atoms with Gasteiger partial charge in [-0.25, -0.2) is 14.2 Å². The summed E-state index contributed by atoms with van der Waals surface area (Å²) in [6.07, 6.45) is -0.638. The molecule has 8 heteroatoms. The van der Waals surface area contributed by atoms with Crippen molar-refractivity contribution in [2.45, 2.75) is 32.6 Å². The van der Waals surface area contributed by atoms with Gasteiger partial charge < -0.3 is 4.90 Å². The van der Waals surface area contributed by atoms with Crippen molar-refractivity contribution in [2.75, 3.05) is 11.9 Å². The molecule has 2 unspecified atom stereocenters. The van der Waals surface area contributed by atoms with E-state index in [0.717, 1.165) is 22.0 Å². The molecule has 2 aromatic carbocycles. The van der Waals surface area contributed by atoms with Gasteiger partial charge in [-0.2, -0.15) is 0 Å². The summed E-state index contributed by atoms with van der Waals surface area (Å²) in [5, 5.41) is 0. The van der Waals surface area contributed by atoms with Gasteiger partial charge in [0.25, 0.3) is 5.91 Å². The van der Waals surface area contributed by atoms with Crippen LogP contribution in [0.25, 0.3) is 0 Å². The highest BCUT2D eigenvalue weighted by Gasteiger charge is 2.55. The molecular formula is C23H22FN5O2. The summed E-state index contributed by atoms with van der Waals surface area (Å²) >= 11 is 0. The maximum Gasteiger partial charge on any atom is 0.328 e. The lowest BCUT2D eigenvalue weighted by molar-refractivity contribution is -0.137. The number of urea groups is 1. The molecule has 0 aromatic heterocycles. The van der Waals surface area contributed by atoms with Crippen LogP contribution in [-0.4, -0.2) is 51.9 Å². The van der Waals surface area contributed by atoms with Crippen molar-refractivity contribution in [1.29, 1.82) is 0 Å². The zero-order valence-electron chi connectivity index (χ0n) is 17.5. The quantitative estimate of drug-likeness (QED) is 0.766. The molecule has 3 amide bonds. The molecule has 3 aliphatic heterocycles. The molecule has 31 heavy (non-hydrogen) atoms. The summed E-state index contributed by atoms with van der Waals surface area (Å²) < 4.78 is 14.2. The maximum atomic E-state index is 14.2. The monoisotopic (exact) mass is 419 g/mol. The summed E-state index contributed by atoms with van der Waals surface area (Å²) in [5.74, 6) is -0.200. The van der Waals surface area contributed by atoms with E-state index in [1.54, 1.807) is 25.2 Å². The Morgan fingerprint density at radius 2 is 1.65 bits per heavy atom. The third-order valence-corrected chi connectivity index (χ3v) is 6.19. The minimum atomic E-state index is -0.687. The predicted molar refractivity (Wildman–Crippen MR) is 114 cm³/mol. The zero-order chi connectivity index (χ0) is 21.9. The lowest BCUT2D eigenvalue weighted by atomic mass is 10.1. The number of allylic oxidation sites excluding steroid dienone is 2. The molecule has 3 aliphatic rings. The number of halogens is 1. The molecule has 2 atom stereocenters. The number of carbonyl (C=O) groups excluding carboxylic acids is 2. The Morgan fingerprint density at radius 3 is 2.35 bits per heavy atom. The third-order valence-electron chi connectivity index (χ3n) is 6.19. The van der Waals surface area contributed by atoms with Crippen molar-refractivity contribution in [3.8, 4) is 0 Å². The maximum absolute atomic E-state index is 14.2. The minimum Gasteiger partial charge on any atom is -0.302 e. The Labute approximate surface area is 179 Å². The summed E-state index contributed by atoms with van der Waals surface area (Å²) in [7, 11) is 1.63. The topological polar surface area (TPSA) is 59.5 Å². The van der Waals surface area contributed by atoms with Crippen LogP contribution in [0.3, 0.4) is 0 Å². The van der Waals surface area contributed by atoms with Crippen LogP contribution in [0.1, 0.15) is 19.4 Å². The first-order chi connectivity index (χ1) is 14.9. The smallest absolute Gasteiger partial charge is 0.302 e. The molecule has 2 aromatic rings. The number of rotatable bonds is 3. The lowest BCUT2D eigenvalue weighted by Crippen LogP contribution is -2.64. The zero-order valence-corrected chi connectivity index (χ0v) is 17.5. The second-order valence-corrected chi connectivity index (χ2v) is 7.91. The van der Waals surface area contributed by atoms with Gasteiger partial charge in [0.2, 0.25) is 5.96 Å². The second-order valence-electron chi connectivity index (χ2n) is 7.91. The van der Waals surface area contributed by atoms with Gasteiger partial charge in [0.05, 0.1) is 6.54 Å². The van der Waals surface area contributed by atoms with Crippen molar-refractivity contribution < 1.29 is 14.0 Å². The fraction of sp³-hybridized carbons (Fsp3) is 0.261. The summed E-state index contributed by atoms with van der Waals surface area (Å²) in [4.78, 5) is 37.8. The Bertz CT molecular complexity index is 1150. The fourth-order valence-electron chi connectivity index (χ4n) is 4.44. The standard InChI is InChI=1S/C23H22FN5O2/c1-14-15(2)29-19-20(25-22(29)28(14)17-10-5-4-6-11-17)26(3)23(31)27(21(19)30)13-16-9-7-8-12-18(16)24/h4-12,19-20H,13H2,1-3H3. The average Bonchev–Trinajstić information content (AvgIpc) is 3.27. The minimum absolute atomic E-state index is 0.120. The summed E-state index contributed by atoms with van der Waals surface area (Å²) in [6.45, 7) is 3.81. The van der Waals surface area contributed by atoms with E-state index in [2.05, 4.69) is 0 Å². The molecule has 5 rings (SSSR count). The fourth-order valence-corrected chi connectivity index (χ4v) is 4.44. The van der Waals surface area contributed by atoms with E-state index in [1.807, 2.05) is 54.0 Å². The van der Waals surface area contributed by atoms with Crippen LogP contribution in [0.5, 0.6) is 0 Å². The largest absolute Gasteiger partial charge is 0.328 e. The summed E-state index contributed by atoms with van der Waals surface area (Å²) in [5.41, 5.74) is 3.10. The molecule has 0 radical (unpaired) electrons. The average molecular weight is 419 g/mol. The Kier molecular flexibility index (Phi) is 4.32. The van der Waals surface area contributed by atoms with E-state index >= 15 is 0 Å². The van der Waals surface area contributed by atoms with Crippen LogP contribution in [0.15, 0.2) is 71.0 Å². The van der Waals surface area contributed by atoms with Crippen molar-refractivity contribution in [2.24, 2.45) is 4.99 Å². The number of aliphatic imine (C=N–C) groups is 1. The number of anilines is 1. The first-order valence-electron chi connectivity index (χ1n) is 10.1. The molecule has 1 fully saturated rings. The van der Waals surface area contributed by atoms with Crippen molar-refractivity contribution >= 4 is 23.6 Å². The number of guanidine groups is 1. The molecular weight excluding hydrogens is 397 g/mol. The Balaban J connectivity index is 1.53. The number of fused-ring (bicyclic) bond motifs is 3. The summed E-state index contributed by atoms with van der Waals surface area (Å²) in [6, 6.07) is 14.8. The van der Waals surface area contributed by atoms with Crippen molar-refractivity contribution in [3.05, 3.63) is 77.4 Å². The van der Waals surface area contributed by atoms with Crippen LogP contribution in [-0.2, 0) is 11.3 Å². The van der Waals surface area contributed by atoms with Crippen molar-refractivity contribution in [3.63, 3.8) is 0 Å². The van der Waals surface area contributed by atoms with Crippen LogP contribution >= 0.6 is 0 Å². The molecule has 0 bridgehead atoms. The number of carbonyl (C=O) groups is 2. The van der Waals surface area contributed by atoms with Crippen LogP contribution in [0.2, 0.25) is 0 Å². The molecule has 7 nitrogen and oxygen atoms in total.